The maximum absolute atomic E-state index is 10.1. The van der Waals surface area contributed by atoms with Crippen molar-refractivity contribution >= 4 is 5.97 Å². The molecule has 0 fully saturated rings. The topological polar surface area (TPSA) is 89.3 Å². The highest BCUT2D eigenvalue weighted by atomic mass is 16.4. The number of carboxylic acids is 1. The third-order valence-electron chi connectivity index (χ3n) is 1.22. The van der Waals surface area contributed by atoms with E-state index < -0.39 is 5.97 Å². The van der Waals surface area contributed by atoms with Crippen LogP contribution in [0.3, 0.4) is 0 Å². The summed E-state index contributed by atoms with van der Waals surface area (Å²) in [7, 11) is 0. The Morgan fingerprint density at radius 3 is 2.60 bits per heavy atom. The van der Waals surface area contributed by atoms with Gasteiger partial charge in [-0.05, 0) is 19.4 Å². The molecule has 10 heavy (non-hydrogen) atoms. The van der Waals surface area contributed by atoms with Crippen molar-refractivity contribution < 1.29 is 9.90 Å². The molecule has 4 nitrogen and oxygen atoms in total. The Bertz CT molecular complexity index is 106. The average molecular weight is 146 g/mol. The molecule has 0 spiro atoms. The van der Waals surface area contributed by atoms with Crippen LogP contribution in [0.15, 0.2) is 0 Å². The van der Waals surface area contributed by atoms with Crippen LogP contribution >= 0.6 is 0 Å². The van der Waals surface area contributed by atoms with Crippen LogP contribution in [0.25, 0.3) is 0 Å². The lowest BCUT2D eigenvalue weighted by Crippen LogP contribution is -2.24. The first kappa shape index (κ1) is 9.39. The Morgan fingerprint density at radius 1 is 1.60 bits per heavy atom. The van der Waals surface area contributed by atoms with E-state index in [1.165, 1.54) is 0 Å². The third-order valence-corrected chi connectivity index (χ3v) is 1.22. The average Bonchev–Trinajstić information content (AvgIpc) is 1.82. The Hall–Kier alpha value is -0.610. The lowest BCUT2D eigenvalue weighted by molar-refractivity contribution is -0.137. The number of rotatable bonds is 5. The van der Waals surface area contributed by atoms with Crippen LogP contribution in [0.2, 0.25) is 0 Å². The minimum atomic E-state index is -0.843. The summed E-state index contributed by atoms with van der Waals surface area (Å²) in [4.78, 5) is 10.1. The highest BCUT2D eigenvalue weighted by Gasteiger charge is 2.05. The van der Waals surface area contributed by atoms with E-state index in [0.717, 1.165) is 6.42 Å². The maximum Gasteiger partial charge on any atom is 0.304 e. The standard InChI is InChI=1S/C6H14N2O2/c7-3-1-2-5(8)4-6(9)10/h5H,1-4,7-8H2,(H,9,10)/t5-/m0/s1. The zero-order valence-corrected chi connectivity index (χ0v) is 5.92. The number of carbonyl (C=O) groups is 1. The molecule has 0 aliphatic rings. The molecule has 0 aliphatic heterocycles. The van der Waals surface area contributed by atoms with E-state index in [2.05, 4.69) is 0 Å². The van der Waals surface area contributed by atoms with Crippen molar-refractivity contribution in [1.82, 2.24) is 0 Å². The first-order chi connectivity index (χ1) is 4.66. The predicted molar refractivity (Wildman–Crippen MR) is 38.5 cm³/mol. The Balaban J connectivity index is 3.25. The third kappa shape index (κ3) is 5.53. The zero-order valence-electron chi connectivity index (χ0n) is 5.92. The second-order valence-corrected chi connectivity index (χ2v) is 2.29. The minimum absolute atomic E-state index is 0.0417. The molecule has 0 saturated carbocycles. The Labute approximate surface area is 60.2 Å². The predicted octanol–water partition coefficient (Wildman–Crippen LogP) is -0.473. The smallest absolute Gasteiger partial charge is 0.304 e. The summed E-state index contributed by atoms with van der Waals surface area (Å²) in [6.45, 7) is 0.577. The summed E-state index contributed by atoms with van der Waals surface area (Å²) in [6, 6.07) is -0.235. The van der Waals surface area contributed by atoms with Gasteiger partial charge in [0.1, 0.15) is 0 Å². The molecule has 0 heterocycles. The van der Waals surface area contributed by atoms with Gasteiger partial charge in [-0.2, -0.15) is 0 Å². The van der Waals surface area contributed by atoms with Crippen LogP contribution in [0.5, 0.6) is 0 Å². The van der Waals surface area contributed by atoms with E-state index in [-0.39, 0.29) is 12.5 Å². The lowest BCUT2D eigenvalue weighted by atomic mass is 10.1. The van der Waals surface area contributed by atoms with Crippen LogP contribution < -0.4 is 11.5 Å². The van der Waals surface area contributed by atoms with E-state index in [1.807, 2.05) is 0 Å². The van der Waals surface area contributed by atoms with Gasteiger partial charge in [0, 0.05) is 6.04 Å². The summed E-state index contributed by atoms with van der Waals surface area (Å²) in [5, 5.41) is 8.27. The van der Waals surface area contributed by atoms with Gasteiger partial charge < -0.3 is 16.6 Å². The molecule has 0 aromatic heterocycles. The van der Waals surface area contributed by atoms with Crippen molar-refractivity contribution in [3.8, 4) is 0 Å². The van der Waals surface area contributed by atoms with Gasteiger partial charge in [-0.3, -0.25) is 4.79 Å². The molecule has 0 saturated heterocycles. The molecule has 0 aromatic carbocycles. The molecule has 4 heteroatoms. The summed E-state index contributed by atoms with van der Waals surface area (Å²) in [6.07, 6.45) is 1.54. The zero-order chi connectivity index (χ0) is 7.98. The van der Waals surface area contributed by atoms with E-state index in [4.69, 9.17) is 16.6 Å². The van der Waals surface area contributed by atoms with Crippen LogP contribution in [0, 0.1) is 0 Å². The molecule has 0 rings (SSSR count). The van der Waals surface area contributed by atoms with Crippen LogP contribution in [-0.4, -0.2) is 23.7 Å². The molecule has 0 bridgehead atoms. The second-order valence-electron chi connectivity index (χ2n) is 2.29. The van der Waals surface area contributed by atoms with Gasteiger partial charge >= 0.3 is 5.97 Å². The van der Waals surface area contributed by atoms with E-state index in [0.29, 0.717) is 13.0 Å². The van der Waals surface area contributed by atoms with E-state index in [9.17, 15) is 4.79 Å². The molecule has 0 unspecified atom stereocenters. The van der Waals surface area contributed by atoms with Gasteiger partial charge in [0.2, 0.25) is 0 Å². The van der Waals surface area contributed by atoms with Crippen LogP contribution in [-0.2, 0) is 4.79 Å². The largest absolute Gasteiger partial charge is 0.481 e. The molecule has 0 aliphatic carbocycles. The fraction of sp³-hybridized carbons (Fsp3) is 0.833. The first-order valence-corrected chi connectivity index (χ1v) is 3.34. The Kier molecular flexibility index (Phi) is 4.88. The fourth-order valence-corrected chi connectivity index (χ4v) is 0.706. The van der Waals surface area contributed by atoms with Crippen molar-refractivity contribution in [3.05, 3.63) is 0 Å². The van der Waals surface area contributed by atoms with Gasteiger partial charge in [-0.1, -0.05) is 0 Å². The van der Waals surface area contributed by atoms with Crippen molar-refractivity contribution in [3.63, 3.8) is 0 Å². The van der Waals surface area contributed by atoms with E-state index >= 15 is 0 Å². The molecule has 0 amide bonds. The highest BCUT2D eigenvalue weighted by Crippen LogP contribution is 1.96. The molecule has 5 N–H and O–H groups in total. The normalized spacial score (nSPS) is 13.0. The van der Waals surface area contributed by atoms with Crippen molar-refractivity contribution in [1.29, 1.82) is 0 Å². The summed E-state index contributed by atoms with van der Waals surface area (Å²) in [5.74, 6) is -0.843. The number of hydrogen-bond donors (Lipinski definition) is 3. The van der Waals surface area contributed by atoms with Gasteiger partial charge in [-0.25, -0.2) is 0 Å². The number of hydrogen-bond acceptors (Lipinski definition) is 3. The van der Waals surface area contributed by atoms with Gasteiger partial charge in [-0.15, -0.1) is 0 Å². The number of nitrogens with two attached hydrogens (primary N) is 2. The van der Waals surface area contributed by atoms with Crippen molar-refractivity contribution in [2.24, 2.45) is 11.5 Å². The van der Waals surface area contributed by atoms with Crippen LogP contribution in [0.1, 0.15) is 19.3 Å². The summed E-state index contributed by atoms with van der Waals surface area (Å²) in [5.41, 5.74) is 10.6. The number of carboxylic acid groups (broad SMARTS) is 1. The second kappa shape index (κ2) is 5.20. The van der Waals surface area contributed by atoms with Gasteiger partial charge in [0.05, 0.1) is 6.42 Å². The molecular weight excluding hydrogens is 132 g/mol. The number of aliphatic carboxylic acids is 1. The maximum atomic E-state index is 10.1. The van der Waals surface area contributed by atoms with Gasteiger partial charge in [0.25, 0.3) is 0 Å². The molecular formula is C6H14N2O2. The van der Waals surface area contributed by atoms with Gasteiger partial charge in [0.15, 0.2) is 0 Å². The first-order valence-electron chi connectivity index (χ1n) is 3.34. The monoisotopic (exact) mass is 146 g/mol. The van der Waals surface area contributed by atoms with E-state index in [1.54, 1.807) is 0 Å². The van der Waals surface area contributed by atoms with Crippen molar-refractivity contribution in [2.75, 3.05) is 6.54 Å². The lowest BCUT2D eigenvalue weighted by Gasteiger charge is -2.05. The minimum Gasteiger partial charge on any atom is -0.481 e. The quantitative estimate of drug-likeness (QED) is 0.489. The SMILES string of the molecule is NCCC[C@H](N)CC(=O)O. The van der Waals surface area contributed by atoms with Crippen molar-refractivity contribution in [2.45, 2.75) is 25.3 Å². The summed E-state index contributed by atoms with van der Waals surface area (Å²) >= 11 is 0. The highest BCUT2D eigenvalue weighted by molar-refractivity contribution is 5.67. The molecule has 0 radical (unpaired) electrons. The Morgan fingerprint density at radius 2 is 2.20 bits per heavy atom. The molecule has 0 aromatic rings. The summed E-state index contributed by atoms with van der Waals surface area (Å²) < 4.78 is 0. The fourth-order valence-electron chi connectivity index (χ4n) is 0.706. The molecule has 1 atom stereocenters. The molecule has 60 valence electrons. The van der Waals surface area contributed by atoms with Crippen LogP contribution in [0.4, 0.5) is 0 Å².